The lowest BCUT2D eigenvalue weighted by atomic mass is 9.95. The molecule has 1 atom stereocenters. The van der Waals surface area contributed by atoms with E-state index in [2.05, 4.69) is 22.1 Å². The molecule has 10 heteroatoms. The first-order valence-electron chi connectivity index (χ1n) is 12.6. The molecule has 5 rings (SSSR count). The van der Waals surface area contributed by atoms with E-state index in [9.17, 15) is 10.5 Å². The summed E-state index contributed by atoms with van der Waals surface area (Å²) in [5, 5.41) is 21.0. The summed E-state index contributed by atoms with van der Waals surface area (Å²) < 4.78 is 17.2. The Morgan fingerprint density at radius 1 is 1.02 bits per heavy atom. The molecule has 202 valence electrons. The van der Waals surface area contributed by atoms with Crippen molar-refractivity contribution in [2.45, 2.75) is 49.4 Å². The number of oxazole rings is 1. The van der Waals surface area contributed by atoms with E-state index >= 15 is 0 Å². The van der Waals surface area contributed by atoms with Gasteiger partial charge >= 0.3 is 0 Å². The van der Waals surface area contributed by atoms with E-state index in [0.717, 1.165) is 29.5 Å². The number of halogens is 1. The van der Waals surface area contributed by atoms with Crippen LogP contribution >= 0.6 is 23.4 Å². The van der Waals surface area contributed by atoms with Crippen molar-refractivity contribution in [3.63, 3.8) is 0 Å². The molecule has 0 bridgehead atoms. The summed E-state index contributed by atoms with van der Waals surface area (Å²) in [7, 11) is 0. The number of hydrogen-bond donors (Lipinski definition) is 1. The van der Waals surface area contributed by atoms with Crippen LogP contribution in [0, 0.1) is 22.7 Å². The van der Waals surface area contributed by atoms with Gasteiger partial charge in [0.1, 0.15) is 34.8 Å². The van der Waals surface area contributed by atoms with Gasteiger partial charge in [0.2, 0.25) is 5.89 Å². The van der Waals surface area contributed by atoms with Gasteiger partial charge in [-0.1, -0.05) is 47.6 Å². The Kier molecular flexibility index (Phi) is 8.11. The average Bonchev–Trinajstić information content (AvgIpc) is 3.56. The maximum Gasteiger partial charge on any atom is 0.226 e. The van der Waals surface area contributed by atoms with Crippen molar-refractivity contribution >= 4 is 29.2 Å². The highest BCUT2D eigenvalue weighted by Gasteiger charge is 2.32. The number of rotatable bonds is 8. The molecule has 40 heavy (non-hydrogen) atoms. The molecule has 2 aromatic heterocycles. The number of ether oxygens (including phenoxy) is 2. The summed E-state index contributed by atoms with van der Waals surface area (Å²) in [4.78, 5) is 8.93. The largest absolute Gasteiger partial charge is 0.444 e. The highest BCUT2D eigenvalue weighted by Crippen LogP contribution is 2.37. The van der Waals surface area contributed by atoms with Gasteiger partial charge in [0.25, 0.3) is 0 Å². The zero-order valence-electron chi connectivity index (χ0n) is 22.0. The summed E-state index contributed by atoms with van der Waals surface area (Å²) in [6, 6.07) is 19.4. The van der Waals surface area contributed by atoms with Gasteiger partial charge < -0.3 is 19.6 Å². The topological polar surface area (TPSA) is 131 Å². The van der Waals surface area contributed by atoms with Crippen molar-refractivity contribution in [3.8, 4) is 34.7 Å². The van der Waals surface area contributed by atoms with Crippen molar-refractivity contribution in [1.29, 1.82) is 10.5 Å². The molecule has 0 saturated carbocycles. The van der Waals surface area contributed by atoms with Crippen LogP contribution in [-0.2, 0) is 21.6 Å². The van der Waals surface area contributed by atoms with Crippen molar-refractivity contribution < 1.29 is 13.9 Å². The third-order valence-electron chi connectivity index (χ3n) is 6.48. The Hall–Kier alpha value is -3.86. The van der Waals surface area contributed by atoms with Crippen LogP contribution in [0.1, 0.15) is 42.7 Å². The van der Waals surface area contributed by atoms with Gasteiger partial charge in [0.15, 0.2) is 5.79 Å². The number of hydrogen-bond acceptors (Lipinski definition) is 9. The third kappa shape index (κ3) is 6.14. The average molecular weight is 572 g/mol. The number of thioether (sulfide) groups is 1. The van der Waals surface area contributed by atoms with Crippen LogP contribution in [0.4, 0.5) is 5.82 Å². The van der Waals surface area contributed by atoms with E-state index in [1.165, 1.54) is 11.8 Å². The van der Waals surface area contributed by atoms with E-state index in [1.807, 2.05) is 50.2 Å². The number of anilines is 1. The fourth-order valence-electron chi connectivity index (χ4n) is 4.50. The minimum atomic E-state index is -0.542. The Morgan fingerprint density at radius 3 is 2.38 bits per heavy atom. The molecule has 2 N–H and O–H groups in total. The summed E-state index contributed by atoms with van der Waals surface area (Å²) >= 11 is 7.28. The minimum absolute atomic E-state index is 0.0524. The van der Waals surface area contributed by atoms with Gasteiger partial charge in [0.05, 0.1) is 24.0 Å². The smallest absolute Gasteiger partial charge is 0.226 e. The predicted octanol–water partition coefficient (Wildman–Crippen LogP) is 6.76. The Morgan fingerprint density at radius 2 is 1.73 bits per heavy atom. The number of pyridine rings is 1. The van der Waals surface area contributed by atoms with Crippen LogP contribution < -0.4 is 5.73 Å². The number of nitrogens with two attached hydrogens (primary N) is 1. The molecule has 0 amide bonds. The summed E-state index contributed by atoms with van der Waals surface area (Å²) in [5.41, 5.74) is 10.5. The Balaban J connectivity index is 1.35. The number of nitrogens with zero attached hydrogens (tertiary/aromatic N) is 4. The van der Waals surface area contributed by atoms with Gasteiger partial charge in [0, 0.05) is 21.9 Å². The Labute approximate surface area is 241 Å². The van der Waals surface area contributed by atoms with Gasteiger partial charge in [-0.25, -0.2) is 9.97 Å². The van der Waals surface area contributed by atoms with Gasteiger partial charge in [-0.2, -0.15) is 10.5 Å². The van der Waals surface area contributed by atoms with Crippen LogP contribution in [0.25, 0.3) is 22.6 Å². The maximum absolute atomic E-state index is 10.1. The van der Waals surface area contributed by atoms with Gasteiger partial charge in [-0.3, -0.25) is 0 Å². The number of aromatic nitrogens is 2. The summed E-state index contributed by atoms with van der Waals surface area (Å²) in [6.07, 6.45) is 3.27. The molecule has 1 aliphatic rings. The summed E-state index contributed by atoms with van der Waals surface area (Å²) in [6.45, 7) is 4.41. The lowest BCUT2D eigenvalue weighted by molar-refractivity contribution is -0.138. The van der Waals surface area contributed by atoms with E-state index in [-0.39, 0.29) is 17.5 Å². The van der Waals surface area contributed by atoms with Crippen LogP contribution in [0.2, 0.25) is 5.02 Å². The lowest BCUT2D eigenvalue weighted by Crippen LogP contribution is -2.21. The van der Waals surface area contributed by atoms with E-state index in [4.69, 9.17) is 31.2 Å². The molecule has 1 saturated heterocycles. The van der Waals surface area contributed by atoms with Gasteiger partial charge in [-0.05, 0) is 62.1 Å². The molecule has 3 heterocycles. The number of benzene rings is 2. The number of nitrogen functional groups attached to an aromatic ring is 1. The fraction of sp³-hybridized carbons (Fsp3) is 0.267. The third-order valence-corrected chi connectivity index (χ3v) is 7.74. The molecule has 4 aromatic rings. The van der Waals surface area contributed by atoms with E-state index < -0.39 is 5.79 Å². The second kappa shape index (κ2) is 11.7. The van der Waals surface area contributed by atoms with Crippen LogP contribution in [0.3, 0.4) is 0 Å². The second-order valence-corrected chi connectivity index (χ2v) is 11.2. The van der Waals surface area contributed by atoms with E-state index in [0.29, 0.717) is 45.1 Å². The first-order chi connectivity index (χ1) is 19.3. The maximum atomic E-state index is 10.1. The first-order valence-corrected chi connectivity index (χ1v) is 14.0. The zero-order chi connectivity index (χ0) is 28.3. The van der Waals surface area contributed by atoms with Crippen LogP contribution in [-0.4, -0.2) is 28.5 Å². The second-order valence-electron chi connectivity index (χ2n) is 9.78. The van der Waals surface area contributed by atoms with Crippen molar-refractivity contribution in [2.24, 2.45) is 0 Å². The highest BCUT2D eigenvalue weighted by molar-refractivity contribution is 7.98. The Bertz CT molecular complexity index is 1600. The lowest BCUT2D eigenvalue weighted by Gasteiger charge is -2.17. The highest BCUT2D eigenvalue weighted by atomic mass is 35.5. The summed E-state index contributed by atoms with van der Waals surface area (Å²) in [5.74, 6) is 0.397. The standard InChI is InChI=1S/C30H26ClN5O3S/c1-30(2)38-16-23(39-30)12-5-18-3-6-19(7-4-18)26-24(13-32)27(34)36-29(25(26)14-33)40-17-22-15-37-28(35-22)20-8-10-21(31)11-9-20/h3-4,6-11,15,23H,5,12,16-17H2,1-2H3,(H2,34,36). The van der Waals surface area contributed by atoms with Crippen molar-refractivity contribution in [1.82, 2.24) is 9.97 Å². The van der Waals surface area contributed by atoms with Crippen LogP contribution in [0.15, 0.2) is 64.2 Å². The molecular formula is C30H26ClN5O3S. The van der Waals surface area contributed by atoms with Crippen molar-refractivity contribution in [2.75, 3.05) is 12.3 Å². The van der Waals surface area contributed by atoms with Crippen molar-refractivity contribution in [3.05, 3.63) is 82.2 Å². The first kappa shape index (κ1) is 27.7. The SMILES string of the molecule is CC1(C)OCC(CCc2ccc(-c3c(C#N)c(N)nc(SCc4coc(-c5ccc(Cl)cc5)n4)c3C#N)cc2)O1. The van der Waals surface area contributed by atoms with Crippen LogP contribution in [0.5, 0.6) is 0 Å². The molecule has 1 fully saturated rings. The number of nitriles is 2. The zero-order valence-corrected chi connectivity index (χ0v) is 23.6. The quantitative estimate of drug-likeness (QED) is 0.228. The monoisotopic (exact) mass is 571 g/mol. The predicted molar refractivity (Wildman–Crippen MR) is 153 cm³/mol. The molecule has 0 spiro atoms. The molecule has 1 unspecified atom stereocenters. The molecule has 2 aromatic carbocycles. The van der Waals surface area contributed by atoms with Gasteiger partial charge in [-0.15, -0.1) is 0 Å². The molecule has 0 radical (unpaired) electrons. The number of aryl methyl sites for hydroxylation is 1. The molecule has 1 aliphatic heterocycles. The fourth-order valence-corrected chi connectivity index (χ4v) is 5.50. The normalized spacial score (nSPS) is 16.0. The molecule has 0 aliphatic carbocycles. The molecular weight excluding hydrogens is 546 g/mol. The van der Waals surface area contributed by atoms with E-state index in [1.54, 1.807) is 18.4 Å². The molecule has 8 nitrogen and oxygen atoms in total. The minimum Gasteiger partial charge on any atom is -0.444 e.